The molecule has 1 saturated carbocycles. The maximum atomic E-state index is 11.8. The number of aliphatic carboxylic acids is 1. The van der Waals surface area contributed by atoms with Crippen molar-refractivity contribution < 1.29 is 14.7 Å². The molecule has 3 nitrogen and oxygen atoms in total. The lowest BCUT2D eigenvalue weighted by molar-refractivity contribution is -0.131. The molecule has 0 aromatic heterocycles. The van der Waals surface area contributed by atoms with Crippen LogP contribution < -0.4 is 0 Å². The predicted octanol–water partition coefficient (Wildman–Crippen LogP) is 3.36. The van der Waals surface area contributed by atoms with E-state index in [0.29, 0.717) is 18.6 Å². The molecule has 18 heavy (non-hydrogen) atoms. The van der Waals surface area contributed by atoms with Gasteiger partial charge in [-0.15, -0.1) is 0 Å². The third kappa shape index (κ3) is 4.86. The molecule has 0 radical (unpaired) electrons. The molecule has 0 aromatic carbocycles. The van der Waals surface area contributed by atoms with Gasteiger partial charge >= 0.3 is 5.97 Å². The van der Waals surface area contributed by atoms with Crippen molar-refractivity contribution in [1.29, 1.82) is 0 Å². The van der Waals surface area contributed by atoms with Crippen LogP contribution in [0.4, 0.5) is 0 Å². The van der Waals surface area contributed by atoms with E-state index < -0.39 is 5.97 Å². The first-order valence-corrected chi connectivity index (χ1v) is 6.30. The third-order valence-corrected chi connectivity index (χ3v) is 3.30. The van der Waals surface area contributed by atoms with Crippen molar-refractivity contribution in [3.8, 4) is 0 Å². The largest absolute Gasteiger partial charge is 0.478 e. The molecule has 3 heteroatoms. The van der Waals surface area contributed by atoms with Crippen LogP contribution in [0, 0.1) is 10.8 Å². The highest BCUT2D eigenvalue weighted by Gasteiger charge is 2.39. The monoisotopic (exact) mass is 250 g/mol. The van der Waals surface area contributed by atoms with Gasteiger partial charge in [0.15, 0.2) is 0 Å². The second-order valence-corrected chi connectivity index (χ2v) is 6.37. The molecule has 100 valence electrons. The first-order chi connectivity index (χ1) is 8.22. The quantitative estimate of drug-likeness (QED) is 0.615. The van der Waals surface area contributed by atoms with Gasteiger partial charge in [0, 0.05) is 18.9 Å². The first kappa shape index (κ1) is 14.7. The van der Waals surface area contributed by atoms with E-state index in [0.717, 1.165) is 18.9 Å². The maximum absolute atomic E-state index is 11.8. The third-order valence-electron chi connectivity index (χ3n) is 3.30. The molecule has 0 saturated heterocycles. The molecule has 0 aliphatic heterocycles. The fraction of sp³-hybridized carbons (Fsp3) is 0.600. The lowest BCUT2D eigenvalue weighted by atomic mass is 9.63. The summed E-state index contributed by atoms with van der Waals surface area (Å²) in [4.78, 5) is 22.0. The highest BCUT2D eigenvalue weighted by Crippen LogP contribution is 2.46. The summed E-state index contributed by atoms with van der Waals surface area (Å²) < 4.78 is 0. The van der Waals surface area contributed by atoms with Crippen LogP contribution in [-0.2, 0) is 9.59 Å². The summed E-state index contributed by atoms with van der Waals surface area (Å²) in [5, 5.41) is 8.45. The van der Waals surface area contributed by atoms with E-state index in [1.54, 1.807) is 6.08 Å². The molecule has 1 fully saturated rings. The lowest BCUT2D eigenvalue weighted by Crippen LogP contribution is -2.35. The van der Waals surface area contributed by atoms with E-state index in [9.17, 15) is 9.59 Å². The molecule has 1 N–H and O–H groups in total. The fourth-order valence-corrected chi connectivity index (χ4v) is 3.07. The van der Waals surface area contributed by atoms with Gasteiger partial charge in [-0.3, -0.25) is 4.79 Å². The number of hydrogen-bond donors (Lipinski definition) is 1. The number of carboxylic acid groups (broad SMARTS) is 1. The molecule has 0 spiro atoms. The van der Waals surface area contributed by atoms with E-state index in [1.165, 1.54) is 6.08 Å². The van der Waals surface area contributed by atoms with Crippen molar-refractivity contribution in [3.63, 3.8) is 0 Å². The smallest absolute Gasteiger partial charge is 0.328 e. The van der Waals surface area contributed by atoms with Crippen LogP contribution in [0.5, 0.6) is 0 Å². The van der Waals surface area contributed by atoms with E-state index in [-0.39, 0.29) is 10.8 Å². The molecule has 1 unspecified atom stereocenters. The fourth-order valence-electron chi connectivity index (χ4n) is 3.07. The van der Waals surface area contributed by atoms with E-state index >= 15 is 0 Å². The number of carbonyl (C=O) groups excluding carboxylic acids is 1. The highest BCUT2D eigenvalue weighted by atomic mass is 16.4. The Labute approximate surface area is 109 Å². The molecule has 1 rings (SSSR count). The van der Waals surface area contributed by atoms with Gasteiger partial charge < -0.3 is 5.11 Å². The van der Waals surface area contributed by atoms with Crippen LogP contribution in [0.15, 0.2) is 24.3 Å². The van der Waals surface area contributed by atoms with Gasteiger partial charge in [0.2, 0.25) is 0 Å². The lowest BCUT2D eigenvalue weighted by Gasteiger charge is -2.41. The minimum atomic E-state index is -0.945. The number of carbonyl (C=O) groups is 2. The molecule has 1 atom stereocenters. The van der Waals surface area contributed by atoms with Gasteiger partial charge in [-0.2, -0.15) is 0 Å². The number of hydrogen-bond acceptors (Lipinski definition) is 2. The van der Waals surface area contributed by atoms with Crippen molar-refractivity contribution in [2.45, 2.75) is 46.5 Å². The minimum absolute atomic E-state index is 0.00635. The zero-order chi connectivity index (χ0) is 13.8. The molecular formula is C15H22O3. The van der Waals surface area contributed by atoms with Crippen LogP contribution in [0.25, 0.3) is 0 Å². The first-order valence-electron chi connectivity index (χ1n) is 6.30. The van der Waals surface area contributed by atoms with Crippen LogP contribution in [0.1, 0.15) is 46.5 Å². The zero-order valence-electron chi connectivity index (χ0n) is 11.4. The maximum Gasteiger partial charge on any atom is 0.328 e. The summed E-state index contributed by atoms with van der Waals surface area (Å²) in [6.07, 6.45) is 9.45. The van der Waals surface area contributed by atoms with Crippen LogP contribution >= 0.6 is 0 Å². The molecule has 0 heterocycles. The summed E-state index contributed by atoms with van der Waals surface area (Å²) in [6.45, 7) is 6.41. The highest BCUT2D eigenvalue weighted by molar-refractivity contribution is 5.81. The Kier molecular flexibility index (Phi) is 4.49. The number of ketones is 1. The Morgan fingerprint density at radius 1 is 1.28 bits per heavy atom. The van der Waals surface area contributed by atoms with E-state index in [2.05, 4.69) is 20.8 Å². The summed E-state index contributed by atoms with van der Waals surface area (Å²) >= 11 is 0. The summed E-state index contributed by atoms with van der Waals surface area (Å²) in [5.74, 6) is -0.608. The molecule has 0 amide bonds. The zero-order valence-corrected chi connectivity index (χ0v) is 11.4. The van der Waals surface area contributed by atoms with Crippen LogP contribution in [0.2, 0.25) is 0 Å². The van der Waals surface area contributed by atoms with Gasteiger partial charge in [-0.1, -0.05) is 39.0 Å². The van der Waals surface area contributed by atoms with Crippen LogP contribution in [-0.4, -0.2) is 16.9 Å². The number of carboxylic acids is 1. The standard InChI is InChI=1S/C15H22O3/c1-14(2)9-12(16)10-15(3,11-14)8-6-4-5-7-13(17)18/h4-7H,8-11H2,1-3H3,(H,17,18)/b6-4+,7-5+. The summed E-state index contributed by atoms with van der Waals surface area (Å²) in [7, 11) is 0. The van der Waals surface area contributed by atoms with Crippen molar-refractivity contribution in [2.75, 3.05) is 0 Å². The molecule has 1 aliphatic rings. The van der Waals surface area contributed by atoms with Crippen LogP contribution in [0.3, 0.4) is 0 Å². The minimum Gasteiger partial charge on any atom is -0.478 e. The Hall–Kier alpha value is -1.38. The number of Topliss-reactive ketones (excluding diaryl/α,β-unsaturated/α-hetero) is 1. The van der Waals surface area contributed by atoms with Crippen molar-refractivity contribution in [1.82, 2.24) is 0 Å². The SMILES string of the molecule is CC1(C)CC(=O)CC(C)(C/C=C/C=C/C(=O)O)C1. The van der Waals surface area contributed by atoms with Gasteiger partial charge in [-0.05, 0) is 23.7 Å². The predicted molar refractivity (Wildman–Crippen MR) is 71.3 cm³/mol. The Bertz CT molecular complexity index is 391. The molecule has 0 aromatic rings. The Balaban J connectivity index is 2.59. The molecule has 0 bridgehead atoms. The summed E-state index contributed by atoms with van der Waals surface area (Å²) in [6, 6.07) is 0. The molecule has 1 aliphatic carbocycles. The average molecular weight is 250 g/mol. The Morgan fingerprint density at radius 2 is 1.94 bits per heavy atom. The van der Waals surface area contributed by atoms with Gasteiger partial charge in [0.25, 0.3) is 0 Å². The second kappa shape index (κ2) is 5.51. The Morgan fingerprint density at radius 3 is 2.50 bits per heavy atom. The number of allylic oxidation sites excluding steroid dienone is 3. The number of rotatable bonds is 4. The molecular weight excluding hydrogens is 228 g/mol. The normalized spacial score (nSPS) is 28.1. The van der Waals surface area contributed by atoms with Gasteiger partial charge in [0.1, 0.15) is 5.78 Å². The van der Waals surface area contributed by atoms with E-state index in [1.807, 2.05) is 6.08 Å². The van der Waals surface area contributed by atoms with Crippen molar-refractivity contribution in [3.05, 3.63) is 24.3 Å². The van der Waals surface area contributed by atoms with Gasteiger partial charge in [-0.25, -0.2) is 4.79 Å². The van der Waals surface area contributed by atoms with Crippen molar-refractivity contribution in [2.24, 2.45) is 10.8 Å². The second-order valence-electron chi connectivity index (χ2n) is 6.37. The van der Waals surface area contributed by atoms with Crippen molar-refractivity contribution >= 4 is 11.8 Å². The average Bonchev–Trinajstić information content (AvgIpc) is 2.11. The topological polar surface area (TPSA) is 54.4 Å². The van der Waals surface area contributed by atoms with Gasteiger partial charge in [0.05, 0.1) is 0 Å². The van der Waals surface area contributed by atoms with E-state index in [4.69, 9.17) is 5.11 Å². The summed E-state index contributed by atoms with van der Waals surface area (Å²) in [5.41, 5.74) is 0.0845.